The van der Waals surface area contributed by atoms with Gasteiger partial charge in [-0.15, -0.1) is 0 Å². The Morgan fingerprint density at radius 1 is 0.438 bits per heavy atom. The topological polar surface area (TPSA) is 0 Å². The Labute approximate surface area is 201 Å². The molecule has 0 spiro atoms. The van der Waals surface area contributed by atoms with Crippen molar-refractivity contribution >= 4 is 16.5 Å². The lowest BCUT2D eigenvalue weighted by molar-refractivity contribution is 0.368. The van der Waals surface area contributed by atoms with Gasteiger partial charge in [0.2, 0.25) is 0 Å². The van der Waals surface area contributed by atoms with Crippen LogP contribution >= 0.6 is 9.24 Å². The summed E-state index contributed by atoms with van der Waals surface area (Å²) in [6.45, 7) is 6.96. The molecule has 0 aromatic heterocycles. The van der Waals surface area contributed by atoms with Gasteiger partial charge >= 0.3 is 7.25 Å². The maximum atomic E-state index is 9.75. The largest absolute Gasteiger partial charge is 0.673 e. The molecule has 0 N–H and O–H groups in total. The lowest BCUT2D eigenvalue weighted by Crippen LogP contribution is -2.20. The second-order valence-corrected chi connectivity index (χ2v) is 11.4. The van der Waals surface area contributed by atoms with Crippen LogP contribution in [0.25, 0.3) is 0 Å². The van der Waals surface area contributed by atoms with Gasteiger partial charge in [-0.1, -0.05) is 124 Å². The highest BCUT2D eigenvalue weighted by molar-refractivity contribution is 7.19. The zero-order valence-corrected chi connectivity index (χ0v) is 23.3. The van der Waals surface area contributed by atoms with E-state index in [0.717, 1.165) is 0 Å². The van der Waals surface area contributed by atoms with Gasteiger partial charge in [0.1, 0.15) is 0 Å². The van der Waals surface area contributed by atoms with Crippen LogP contribution in [0.4, 0.5) is 17.3 Å². The third-order valence-corrected chi connectivity index (χ3v) is 7.49. The molecule has 1 atom stereocenters. The van der Waals surface area contributed by atoms with Crippen LogP contribution in [-0.2, 0) is 0 Å². The minimum atomic E-state index is -6.00. The van der Waals surface area contributed by atoms with E-state index in [-0.39, 0.29) is 0 Å². The first-order valence-electron chi connectivity index (χ1n) is 13.9. The highest BCUT2D eigenvalue weighted by atomic mass is 31.0. The molecule has 0 fully saturated rings. The van der Waals surface area contributed by atoms with E-state index in [0.29, 0.717) is 5.16 Å². The molecule has 196 valence electrons. The van der Waals surface area contributed by atoms with Crippen molar-refractivity contribution in [3.05, 3.63) is 0 Å². The van der Waals surface area contributed by atoms with E-state index in [9.17, 15) is 17.3 Å². The molecule has 1 unspecified atom stereocenters. The van der Waals surface area contributed by atoms with Crippen molar-refractivity contribution in [1.82, 2.24) is 0 Å². The van der Waals surface area contributed by atoms with Crippen LogP contribution < -0.4 is 0 Å². The van der Waals surface area contributed by atoms with Crippen LogP contribution in [0.15, 0.2) is 0 Å². The average molecular weight is 487 g/mol. The van der Waals surface area contributed by atoms with Gasteiger partial charge in [-0.05, 0) is 47.8 Å². The SMILES string of the molecule is CCCCCCCCCC([PH3+])(CCCCCCCC)CCCCCCCC.F[B-](F)(F)F. The lowest BCUT2D eigenvalue weighted by atomic mass is 9.88. The molecule has 0 heterocycles. The molecule has 0 amide bonds. The molecule has 0 aromatic rings. The van der Waals surface area contributed by atoms with Crippen molar-refractivity contribution < 1.29 is 17.3 Å². The first-order valence-corrected chi connectivity index (χ1v) is 14.6. The van der Waals surface area contributed by atoms with E-state index in [4.69, 9.17) is 0 Å². The summed E-state index contributed by atoms with van der Waals surface area (Å²) in [6, 6.07) is 0. The Bertz CT molecular complexity index is 342. The van der Waals surface area contributed by atoms with Gasteiger partial charge in [-0.3, -0.25) is 0 Å². The van der Waals surface area contributed by atoms with Crippen LogP contribution in [-0.4, -0.2) is 12.4 Å². The number of hydrogen-bond acceptors (Lipinski definition) is 0. The van der Waals surface area contributed by atoms with Crippen LogP contribution in [0.2, 0.25) is 0 Å². The molecule has 0 radical (unpaired) electrons. The summed E-state index contributed by atoms with van der Waals surface area (Å²) >= 11 is 0. The van der Waals surface area contributed by atoms with Gasteiger partial charge in [0.15, 0.2) is 0 Å². The summed E-state index contributed by atoms with van der Waals surface area (Å²) in [5.41, 5.74) is 0. The zero-order chi connectivity index (χ0) is 24.6. The fourth-order valence-corrected chi connectivity index (χ4v) is 5.14. The summed E-state index contributed by atoms with van der Waals surface area (Å²) in [5, 5.41) is 0.666. The van der Waals surface area contributed by atoms with Crippen molar-refractivity contribution in [2.24, 2.45) is 0 Å². The second-order valence-electron chi connectivity index (χ2n) is 9.90. The normalized spacial score (nSPS) is 12.1. The Kier molecular flexibility index (Phi) is 26.2. The Balaban J connectivity index is 0. The van der Waals surface area contributed by atoms with Gasteiger partial charge in [0.05, 0.1) is 5.16 Å². The van der Waals surface area contributed by atoms with E-state index in [2.05, 4.69) is 30.0 Å². The monoisotopic (exact) mass is 486 g/mol. The molecule has 0 saturated carbocycles. The van der Waals surface area contributed by atoms with Gasteiger partial charge in [0.25, 0.3) is 0 Å². The number of hydrogen-bond donors (Lipinski definition) is 0. The molecule has 0 rings (SSSR count). The van der Waals surface area contributed by atoms with Crippen LogP contribution in [0.3, 0.4) is 0 Å². The summed E-state index contributed by atoms with van der Waals surface area (Å²) in [5.74, 6) is 0. The van der Waals surface area contributed by atoms with Crippen molar-refractivity contribution in [2.75, 3.05) is 0 Å². The van der Waals surface area contributed by atoms with Crippen molar-refractivity contribution in [3.8, 4) is 0 Å². The Morgan fingerprint density at radius 2 is 0.625 bits per heavy atom. The van der Waals surface area contributed by atoms with Crippen LogP contribution in [0, 0.1) is 0 Å². The van der Waals surface area contributed by atoms with Gasteiger partial charge in [-0.25, -0.2) is 0 Å². The van der Waals surface area contributed by atoms with E-state index in [1.165, 1.54) is 141 Å². The van der Waals surface area contributed by atoms with E-state index in [1.54, 1.807) is 0 Å². The van der Waals surface area contributed by atoms with E-state index < -0.39 is 7.25 Å². The third kappa shape index (κ3) is 32.4. The number of rotatable bonds is 22. The van der Waals surface area contributed by atoms with E-state index >= 15 is 0 Å². The first-order chi connectivity index (χ1) is 15.2. The first kappa shape index (κ1) is 34.4. The number of halogens is 4. The lowest BCUT2D eigenvalue weighted by Gasteiger charge is -2.25. The van der Waals surface area contributed by atoms with Crippen molar-refractivity contribution in [1.29, 1.82) is 0 Å². The zero-order valence-electron chi connectivity index (χ0n) is 21.9. The molecule has 6 heteroatoms. The van der Waals surface area contributed by atoms with E-state index in [1.807, 2.05) is 0 Å². The fourth-order valence-electron chi connectivity index (χ4n) is 4.39. The predicted octanol–water partition coefficient (Wildman–Crippen LogP) is 11.3. The van der Waals surface area contributed by atoms with Crippen molar-refractivity contribution in [2.45, 2.75) is 167 Å². The highest BCUT2D eigenvalue weighted by Gasteiger charge is 2.28. The smallest absolute Gasteiger partial charge is 0.418 e. The molecule has 0 aliphatic rings. The molecule has 0 saturated heterocycles. The molecule has 0 bridgehead atoms. The molecule has 0 aliphatic heterocycles. The molecule has 0 aliphatic carbocycles. The second kappa shape index (κ2) is 24.3. The molecular weight excluding hydrogens is 430 g/mol. The maximum absolute atomic E-state index is 9.75. The number of unbranched alkanes of at least 4 members (excludes halogenated alkanes) is 16. The highest BCUT2D eigenvalue weighted by Crippen LogP contribution is 2.37. The Morgan fingerprint density at radius 3 is 0.844 bits per heavy atom. The van der Waals surface area contributed by atoms with Gasteiger partial charge < -0.3 is 17.3 Å². The third-order valence-electron chi connectivity index (χ3n) is 6.43. The molecular formula is C26H56BF4P. The van der Waals surface area contributed by atoms with Crippen molar-refractivity contribution in [3.63, 3.8) is 0 Å². The minimum Gasteiger partial charge on any atom is -0.418 e. The molecule has 0 nitrogen and oxygen atoms in total. The minimum absolute atomic E-state index is 0.666. The average Bonchev–Trinajstić information content (AvgIpc) is 2.71. The van der Waals surface area contributed by atoms with Crippen LogP contribution in [0.1, 0.15) is 162 Å². The summed E-state index contributed by atoms with van der Waals surface area (Å²) in [6.07, 6.45) is 32.1. The maximum Gasteiger partial charge on any atom is 0.673 e. The summed E-state index contributed by atoms with van der Waals surface area (Å²) in [7, 11) is -3.61. The Hall–Kier alpha value is 0.215. The predicted molar refractivity (Wildman–Crippen MR) is 143 cm³/mol. The summed E-state index contributed by atoms with van der Waals surface area (Å²) < 4.78 is 39.0. The quantitative estimate of drug-likeness (QED) is 0.0618. The standard InChI is InChI=1S/C26H55P.BF4/c1-4-7-10-13-16-19-22-25-26(27,23-20-17-14-11-8-5-2)24-21-18-15-12-9-6-3;2-1(3,4)5/h4-25,27H2,1-3H3;/q;-1/p+1. The summed E-state index contributed by atoms with van der Waals surface area (Å²) in [4.78, 5) is 0. The van der Waals surface area contributed by atoms with Crippen LogP contribution in [0.5, 0.6) is 0 Å². The fraction of sp³-hybridized carbons (Fsp3) is 1.00. The molecule has 32 heavy (non-hydrogen) atoms. The molecule has 0 aromatic carbocycles. The van der Waals surface area contributed by atoms with Gasteiger partial charge in [-0.2, -0.15) is 0 Å². The van der Waals surface area contributed by atoms with Gasteiger partial charge in [0, 0.05) is 0 Å².